The summed E-state index contributed by atoms with van der Waals surface area (Å²) in [6, 6.07) is 5.62. The second kappa shape index (κ2) is 13.4. The monoisotopic (exact) mass is 627 g/mol. The van der Waals surface area contributed by atoms with Crippen LogP contribution < -0.4 is 0 Å². The van der Waals surface area contributed by atoms with E-state index in [1.807, 2.05) is 16.7 Å². The minimum Gasteiger partial charge on any atom is -0.369 e. The molecule has 1 unspecified atom stereocenters. The SMILES string of the molecule is C=NC1=C(N(CCC)Cc2ccccc2C(F)(F)F)CCN(/C(C=NN(C)PI)=C(\Cl)C=O)C1. The molecule has 1 aliphatic rings. The number of allylic oxidation sites excluding steroid dienone is 2. The first-order valence-corrected chi connectivity index (χ1v) is 14.9. The van der Waals surface area contributed by atoms with Crippen molar-refractivity contribution < 1.29 is 18.0 Å². The molecule has 0 spiro atoms. The normalized spacial score (nSPS) is 15.8. The molecule has 0 bridgehead atoms. The number of carbonyl (C=O) groups excluding carboxylic acids is 1. The Balaban J connectivity index is 2.39. The molecule has 1 aromatic carbocycles. The number of hydrazone groups is 1. The highest BCUT2D eigenvalue weighted by Crippen LogP contribution is 2.34. The van der Waals surface area contributed by atoms with Crippen molar-refractivity contribution >= 4 is 59.2 Å². The van der Waals surface area contributed by atoms with Crippen LogP contribution >= 0.6 is 40.0 Å². The lowest BCUT2D eigenvalue weighted by atomic mass is 10.0. The minimum atomic E-state index is -4.43. The van der Waals surface area contributed by atoms with Crippen molar-refractivity contribution in [3.05, 3.63) is 57.5 Å². The molecule has 1 heterocycles. The predicted octanol–water partition coefficient (Wildman–Crippen LogP) is 6.05. The Bertz CT molecular complexity index is 970. The number of benzene rings is 1. The Hall–Kier alpha value is -1.65. The van der Waals surface area contributed by atoms with Crippen molar-refractivity contribution in [2.75, 3.05) is 26.7 Å². The van der Waals surface area contributed by atoms with Gasteiger partial charge < -0.3 is 9.80 Å². The van der Waals surface area contributed by atoms with Crippen molar-refractivity contribution in [1.29, 1.82) is 0 Å². The number of aldehydes is 1. The van der Waals surface area contributed by atoms with E-state index in [-0.39, 0.29) is 17.1 Å². The van der Waals surface area contributed by atoms with Crippen molar-refractivity contribution in [3.63, 3.8) is 0 Å². The van der Waals surface area contributed by atoms with Gasteiger partial charge in [0.05, 0.1) is 36.1 Å². The van der Waals surface area contributed by atoms with E-state index in [9.17, 15) is 18.0 Å². The van der Waals surface area contributed by atoms with E-state index in [1.165, 1.54) is 18.3 Å². The number of halogens is 5. The summed E-state index contributed by atoms with van der Waals surface area (Å²) < 4.78 is 42.4. The summed E-state index contributed by atoms with van der Waals surface area (Å²) in [5.74, 6) is 0. The fraction of sp³-hybridized carbons (Fsp3) is 0.409. The molecule has 0 N–H and O–H groups in total. The van der Waals surface area contributed by atoms with Crippen LogP contribution in [0.5, 0.6) is 0 Å². The van der Waals surface area contributed by atoms with Crippen LogP contribution in [0.2, 0.25) is 0 Å². The fourth-order valence-corrected chi connectivity index (χ4v) is 4.30. The lowest BCUT2D eigenvalue weighted by molar-refractivity contribution is -0.138. The third-order valence-electron chi connectivity index (χ3n) is 5.21. The van der Waals surface area contributed by atoms with Crippen LogP contribution in [0.15, 0.2) is 56.5 Å². The van der Waals surface area contributed by atoms with Gasteiger partial charge in [0.1, 0.15) is 5.03 Å². The van der Waals surface area contributed by atoms with Gasteiger partial charge >= 0.3 is 6.18 Å². The molecule has 0 aliphatic carbocycles. The Morgan fingerprint density at radius 1 is 1.38 bits per heavy atom. The van der Waals surface area contributed by atoms with Gasteiger partial charge in [0, 0.05) is 38.8 Å². The van der Waals surface area contributed by atoms with Gasteiger partial charge in [-0.2, -0.15) is 18.3 Å². The highest BCUT2D eigenvalue weighted by molar-refractivity contribution is 14.2. The lowest BCUT2D eigenvalue weighted by Gasteiger charge is -2.37. The number of hydrogen-bond donors (Lipinski definition) is 0. The van der Waals surface area contributed by atoms with Crippen LogP contribution in [0.4, 0.5) is 13.2 Å². The summed E-state index contributed by atoms with van der Waals surface area (Å²) in [5.41, 5.74) is 1.51. The van der Waals surface area contributed by atoms with Crippen molar-refractivity contribution in [2.45, 2.75) is 32.5 Å². The first kappa shape index (κ1) is 28.6. The third kappa shape index (κ3) is 7.68. The average Bonchev–Trinajstić information content (AvgIpc) is 2.83. The second-order valence-corrected chi connectivity index (χ2v) is 10.2. The maximum atomic E-state index is 13.5. The van der Waals surface area contributed by atoms with E-state index < -0.39 is 11.7 Å². The molecular weight excluding hydrogens is 601 g/mol. The molecule has 186 valence electrons. The second-order valence-electron chi connectivity index (χ2n) is 7.50. The van der Waals surface area contributed by atoms with E-state index in [1.54, 1.807) is 17.9 Å². The molecule has 0 saturated carbocycles. The number of carbonyl (C=O) groups is 1. The van der Waals surface area contributed by atoms with E-state index >= 15 is 0 Å². The van der Waals surface area contributed by atoms with Crippen LogP contribution in [0.1, 0.15) is 30.9 Å². The maximum absolute atomic E-state index is 13.5. The Morgan fingerprint density at radius 3 is 2.68 bits per heavy atom. The molecule has 2 rings (SSSR count). The Labute approximate surface area is 217 Å². The van der Waals surface area contributed by atoms with Crippen LogP contribution in [0.3, 0.4) is 0 Å². The van der Waals surface area contributed by atoms with E-state index in [4.69, 9.17) is 11.6 Å². The van der Waals surface area contributed by atoms with Crippen molar-refractivity contribution in [1.82, 2.24) is 14.6 Å². The molecule has 0 fully saturated rings. The zero-order valence-electron chi connectivity index (χ0n) is 18.9. The summed E-state index contributed by atoms with van der Waals surface area (Å²) in [6.07, 6.45) is -0.655. The minimum absolute atomic E-state index is 0.0188. The number of hydrogen-bond acceptors (Lipinski definition) is 6. The first-order valence-electron chi connectivity index (χ1n) is 10.5. The van der Waals surface area contributed by atoms with Gasteiger partial charge in [-0.15, -0.1) is 0 Å². The van der Waals surface area contributed by atoms with Gasteiger partial charge in [-0.05, 0) is 46.8 Å². The summed E-state index contributed by atoms with van der Waals surface area (Å²) in [7, 11) is 1.81. The molecule has 34 heavy (non-hydrogen) atoms. The molecule has 0 saturated heterocycles. The molecule has 0 aromatic heterocycles. The van der Waals surface area contributed by atoms with Gasteiger partial charge in [0.15, 0.2) is 6.29 Å². The lowest BCUT2D eigenvalue weighted by Crippen LogP contribution is -2.37. The zero-order valence-corrected chi connectivity index (χ0v) is 22.9. The Kier molecular flexibility index (Phi) is 11.3. The van der Waals surface area contributed by atoms with Crippen LogP contribution in [0.25, 0.3) is 0 Å². The summed E-state index contributed by atoms with van der Waals surface area (Å²) in [5, 5.41) is 4.32. The Morgan fingerprint density at radius 2 is 2.09 bits per heavy atom. The van der Waals surface area contributed by atoms with Gasteiger partial charge in [-0.3, -0.25) is 14.6 Å². The average molecular weight is 628 g/mol. The van der Waals surface area contributed by atoms with E-state index in [0.717, 1.165) is 18.2 Å². The van der Waals surface area contributed by atoms with Gasteiger partial charge in [0.25, 0.3) is 0 Å². The highest BCUT2D eigenvalue weighted by Gasteiger charge is 2.34. The van der Waals surface area contributed by atoms with Crippen LogP contribution in [-0.4, -0.2) is 60.5 Å². The molecule has 1 atom stereocenters. The van der Waals surface area contributed by atoms with E-state index in [0.29, 0.717) is 50.1 Å². The number of nitrogens with zero attached hydrogens (tertiary/aromatic N) is 5. The number of aliphatic imine (C=N–C) groups is 1. The summed E-state index contributed by atoms with van der Waals surface area (Å²) in [4.78, 5) is 19.4. The summed E-state index contributed by atoms with van der Waals surface area (Å²) in [6.45, 7) is 7.15. The van der Waals surface area contributed by atoms with Gasteiger partial charge in [-0.1, -0.05) is 36.7 Å². The predicted molar refractivity (Wildman–Crippen MR) is 142 cm³/mol. The summed E-state index contributed by atoms with van der Waals surface area (Å²) >= 11 is 8.36. The molecule has 1 aliphatic heterocycles. The molecule has 1 aromatic rings. The van der Waals surface area contributed by atoms with E-state index in [2.05, 4.69) is 38.9 Å². The quantitative estimate of drug-likeness (QED) is 0.0750. The largest absolute Gasteiger partial charge is 0.416 e. The number of rotatable bonds is 11. The fourth-order valence-electron chi connectivity index (χ4n) is 3.66. The molecule has 0 amide bonds. The van der Waals surface area contributed by atoms with Crippen molar-refractivity contribution in [3.8, 4) is 0 Å². The number of alkyl halides is 3. The standard InChI is InChI=1S/C22H27ClF3IN5OP/c1-4-10-31(13-16-7-5-6-8-17(16)22(24,25)26)20-9-11-32(14-19(20)28-2)21(18(23)15-33)12-29-30(3)34-27/h5-8,12,15,34H,2,4,9-11,13-14H2,1,3H3/b21-18-,29-12?. The molecular formula is C22H27ClF3IN5OP. The maximum Gasteiger partial charge on any atom is 0.416 e. The van der Waals surface area contributed by atoms with Crippen LogP contribution in [-0.2, 0) is 17.5 Å². The van der Waals surface area contributed by atoms with Gasteiger partial charge in [0.2, 0.25) is 0 Å². The van der Waals surface area contributed by atoms with Crippen molar-refractivity contribution in [2.24, 2.45) is 10.1 Å². The van der Waals surface area contributed by atoms with Crippen LogP contribution in [0, 0.1) is 0 Å². The molecule has 0 radical (unpaired) electrons. The molecule has 12 heteroatoms. The topological polar surface area (TPSA) is 51.5 Å². The molecule has 6 nitrogen and oxygen atoms in total. The third-order valence-corrected chi connectivity index (χ3v) is 7.94. The first-order chi connectivity index (χ1) is 16.2. The zero-order chi connectivity index (χ0) is 25.3. The highest BCUT2D eigenvalue weighted by atomic mass is 127. The van der Waals surface area contributed by atoms with Gasteiger partial charge in [-0.25, -0.2) is 0 Å². The smallest absolute Gasteiger partial charge is 0.369 e.